The van der Waals surface area contributed by atoms with Crippen LogP contribution in [0.3, 0.4) is 0 Å². The topological polar surface area (TPSA) is 352 Å². The van der Waals surface area contributed by atoms with Gasteiger partial charge in [-0.1, -0.05) is 12.2 Å². The Bertz CT molecular complexity index is 2340. The number of hydrogen-bond donors (Lipinski definition) is 5. The standard InChI is InChI=1S/C15H25FO2.C12H17FO2.C12H15FO2.C2H4F2.CH2F2O.CH2F2.5CH3FO3S.CH3F/c16-11-18-3-1-2-17-10-15-7-12-4-13(8-15)6-14(5-12)9-15;13-11(14)15-7-12-4-8-1-9(5-12)3-10(2-8)6-12;1-7-9-2-8-3-10(7)6-12(4-8,5-9)15-11(13)14;1-2(3)4;2-1-4-3;2-1-3;5*2-1-6(3,4)5;1-2/h12-14H,1-11H2;8-10H,1-7H2;8-10H,1-6H2;2H,1H3;1H2;1H2;5*1H2,(H,3,4,5);1H3. The normalized spacial score (nSPS) is 28.5. The summed E-state index contributed by atoms with van der Waals surface area (Å²) in [5, 5.41) is 0. The first-order valence-electron chi connectivity index (χ1n) is 27.1. The van der Waals surface area contributed by atoms with Crippen LogP contribution in [0.25, 0.3) is 0 Å². The van der Waals surface area contributed by atoms with Gasteiger partial charge in [0, 0.05) is 12.0 Å². The molecule has 12 saturated carbocycles. The second-order valence-corrected chi connectivity index (χ2v) is 29.4. The maximum Gasteiger partial charge on any atom is 0.496 e. The van der Waals surface area contributed by atoms with E-state index < -0.39 is 126 Å². The summed E-state index contributed by atoms with van der Waals surface area (Å²) in [5.41, 5.74) is 1.49. The Morgan fingerprint density at radius 2 is 0.736 bits per heavy atom. The Hall–Kier alpha value is -2.94. The summed E-state index contributed by atoms with van der Waals surface area (Å²) >= 11 is 0. The van der Waals surface area contributed by atoms with Gasteiger partial charge in [-0.25, -0.2) is 57.9 Å². The molecule has 12 rings (SSSR count). The number of hydrogen-bond acceptors (Lipinski definition) is 17. The van der Waals surface area contributed by atoms with Crippen molar-refractivity contribution in [1.82, 2.24) is 0 Å². The Labute approximate surface area is 520 Å². The van der Waals surface area contributed by atoms with Gasteiger partial charge in [0.05, 0.1) is 27.0 Å². The van der Waals surface area contributed by atoms with E-state index in [4.69, 9.17) is 32.2 Å². The average molecular weight is 1470 g/mol. The Kier molecular flexibility index (Phi) is 46.1. The molecule has 0 saturated heterocycles. The molecule has 22 nitrogen and oxygen atoms in total. The van der Waals surface area contributed by atoms with Crippen LogP contribution in [0.2, 0.25) is 0 Å². The molecule has 2 atom stereocenters. The predicted molar refractivity (Wildman–Crippen MR) is 296 cm³/mol. The molecule has 91 heavy (non-hydrogen) atoms. The van der Waals surface area contributed by atoms with E-state index in [9.17, 15) is 118 Å². The fraction of sp³-hybridized carbons (Fsp3) is 0.918. The van der Waals surface area contributed by atoms with Crippen molar-refractivity contribution in [2.45, 2.75) is 135 Å². The monoisotopic (exact) mass is 1470 g/mol. The molecule has 0 amide bonds. The van der Waals surface area contributed by atoms with E-state index in [0.717, 1.165) is 101 Å². The Balaban J connectivity index is -0.000000984. The second-order valence-electron chi connectivity index (χ2n) is 22.5. The Morgan fingerprint density at radius 3 is 0.967 bits per heavy atom. The van der Waals surface area contributed by atoms with Crippen LogP contribution < -0.4 is 0 Å². The molecule has 12 fully saturated rings. The molecule has 42 heteroatoms. The zero-order valence-electron chi connectivity index (χ0n) is 49.6. The van der Waals surface area contributed by atoms with Crippen LogP contribution in [0.1, 0.15) is 122 Å². The molecule has 0 radical (unpaired) electrons. The highest BCUT2D eigenvalue weighted by molar-refractivity contribution is 7.86. The van der Waals surface area contributed by atoms with Crippen molar-refractivity contribution in [2.75, 3.05) is 84.3 Å². The van der Waals surface area contributed by atoms with Crippen LogP contribution in [0, 0.1) is 64.1 Å². The van der Waals surface area contributed by atoms with Gasteiger partial charge in [0.2, 0.25) is 50.2 Å². The SMILES string of the molecule is C=C1C2CC3CC1CC(OC(=O)F)(C3)C2.CC(F)F.CF.FCF.FCOCCCOCC12CC3CC(CC(C3)C1)C2.FCOF.O=C(F)OCC12CC3CC(CC(C3)C1)C2.O=S(=O)(O)CF.O=S(=O)(O)CF.O=S(=O)(O)CF.O=S(=O)(O)CF.O=S(=O)(O)CF. The maximum absolute atomic E-state index is 12.4. The van der Waals surface area contributed by atoms with Crippen LogP contribution >= 0.6 is 0 Å². The van der Waals surface area contributed by atoms with Crippen LogP contribution in [0.4, 0.5) is 75.6 Å². The van der Waals surface area contributed by atoms with Gasteiger partial charge in [-0.3, -0.25) is 27.2 Å². The van der Waals surface area contributed by atoms with Crippen molar-refractivity contribution < 1.29 is 164 Å². The van der Waals surface area contributed by atoms with Gasteiger partial charge in [-0.15, -0.1) is 8.78 Å². The minimum Gasteiger partial charge on any atom is -0.440 e. The summed E-state index contributed by atoms with van der Waals surface area (Å²) in [6.45, 7) is 3.66. The van der Waals surface area contributed by atoms with E-state index in [-0.39, 0.29) is 5.41 Å². The highest BCUT2D eigenvalue weighted by Crippen LogP contribution is 2.62. The van der Waals surface area contributed by atoms with Gasteiger partial charge in [-0.05, 0) is 186 Å². The Morgan fingerprint density at radius 1 is 0.484 bits per heavy atom. The number of carbonyl (C=O) groups is 2. The first-order chi connectivity index (χ1) is 41.9. The highest BCUT2D eigenvalue weighted by Gasteiger charge is 2.55. The molecule has 0 spiro atoms. The number of halogens is 15. The first-order valence-corrected chi connectivity index (χ1v) is 35.2. The smallest absolute Gasteiger partial charge is 0.440 e. The lowest BCUT2D eigenvalue weighted by Gasteiger charge is -2.56. The molecule has 546 valence electrons. The van der Waals surface area contributed by atoms with Crippen LogP contribution in [-0.4, -0.2) is 174 Å². The van der Waals surface area contributed by atoms with Crippen molar-refractivity contribution in [3.8, 4) is 0 Å². The lowest BCUT2D eigenvalue weighted by Crippen LogP contribution is -2.53. The van der Waals surface area contributed by atoms with E-state index in [1.165, 1.54) is 76.2 Å². The number of carbonyl (C=O) groups excluding carboxylic acids is 2. The summed E-state index contributed by atoms with van der Waals surface area (Å²) in [6, 6.07) is -8.51. The minimum absolute atomic E-state index is 0.149. The summed E-state index contributed by atoms with van der Waals surface area (Å²) in [5.74, 6) is 7.02. The van der Waals surface area contributed by atoms with Gasteiger partial charge in [0.25, 0.3) is 50.6 Å². The fourth-order valence-corrected chi connectivity index (χ4v) is 13.9. The van der Waals surface area contributed by atoms with Gasteiger partial charge >= 0.3 is 12.4 Å². The molecular weight excluding hydrogens is 1390 g/mol. The van der Waals surface area contributed by atoms with Crippen molar-refractivity contribution in [1.29, 1.82) is 0 Å². The fourth-order valence-electron chi connectivity index (χ4n) is 13.9. The number of rotatable bonds is 16. The van der Waals surface area contributed by atoms with Crippen molar-refractivity contribution >= 4 is 63.0 Å². The summed E-state index contributed by atoms with van der Waals surface area (Å²) in [6.07, 6.45) is 16.5. The zero-order chi connectivity index (χ0) is 71.3. The molecule has 2 unspecified atom stereocenters. The predicted octanol–water partition coefficient (Wildman–Crippen LogP) is 12.6. The lowest BCUT2D eigenvalue weighted by molar-refractivity contribution is -0.167. The van der Waals surface area contributed by atoms with E-state index in [2.05, 4.69) is 21.0 Å². The molecule has 12 bridgehead atoms. The molecule has 5 N–H and O–H groups in total. The maximum atomic E-state index is 12.4. The third-order valence-electron chi connectivity index (χ3n) is 15.1. The molecule has 0 aromatic carbocycles. The largest absolute Gasteiger partial charge is 0.496 e. The van der Waals surface area contributed by atoms with Gasteiger partial charge < -0.3 is 18.9 Å². The van der Waals surface area contributed by atoms with Gasteiger partial charge in [-0.2, -0.15) is 47.0 Å². The highest BCUT2D eigenvalue weighted by atomic mass is 32.2. The summed E-state index contributed by atoms with van der Waals surface area (Å²) in [7, 11) is -21.1. The number of ether oxygens (including phenoxy) is 4. The number of alkyl halides is 12. The van der Waals surface area contributed by atoms with E-state index in [1.807, 2.05) is 0 Å². The molecular formula is C49H83F15O22S5. The number of allylic oxidation sites excluding steroid dienone is 1. The van der Waals surface area contributed by atoms with E-state index >= 15 is 0 Å². The molecule has 12 aliphatic carbocycles. The molecule has 0 aromatic rings. The molecule has 12 aliphatic rings. The van der Waals surface area contributed by atoms with Gasteiger partial charge in [0.15, 0.2) is 6.86 Å². The van der Waals surface area contributed by atoms with Gasteiger partial charge in [0.1, 0.15) is 5.60 Å². The van der Waals surface area contributed by atoms with Crippen molar-refractivity contribution in [2.24, 2.45) is 64.1 Å². The molecule has 0 heterocycles. The van der Waals surface area contributed by atoms with E-state index in [1.54, 1.807) is 0 Å². The minimum atomic E-state index is -4.33. The second kappa shape index (κ2) is 45.5. The molecule has 0 aromatic heterocycles. The van der Waals surface area contributed by atoms with Crippen LogP contribution in [-0.2, 0) is 74.5 Å². The average Bonchev–Trinajstić information content (AvgIpc) is 0.768. The third kappa shape index (κ3) is 45.2. The van der Waals surface area contributed by atoms with Crippen LogP contribution in [0.5, 0.6) is 0 Å². The van der Waals surface area contributed by atoms with E-state index in [0.29, 0.717) is 43.6 Å². The lowest BCUT2D eigenvalue weighted by atomic mass is 9.50. The zero-order valence-corrected chi connectivity index (χ0v) is 53.7. The summed E-state index contributed by atoms with van der Waals surface area (Å²) in [4.78, 5) is 23.1. The third-order valence-corrected chi connectivity index (χ3v) is 16.5. The van der Waals surface area contributed by atoms with Crippen LogP contribution in [0.15, 0.2) is 12.2 Å². The van der Waals surface area contributed by atoms with Crippen molar-refractivity contribution in [3.63, 3.8) is 0 Å². The summed E-state index contributed by atoms with van der Waals surface area (Å²) < 4.78 is 308. The van der Waals surface area contributed by atoms with Crippen molar-refractivity contribution in [3.05, 3.63) is 12.2 Å². The molecule has 0 aliphatic heterocycles. The quantitative estimate of drug-likeness (QED) is 0.0315. The first kappa shape index (κ1) is 92.2.